The minimum Gasteiger partial charge on any atom is -0.467 e. The summed E-state index contributed by atoms with van der Waals surface area (Å²) in [5, 5.41) is 3.10. The third kappa shape index (κ3) is 5.83. The van der Waals surface area contributed by atoms with E-state index in [1.54, 1.807) is 11.2 Å². The second-order valence-electron chi connectivity index (χ2n) is 8.20. The van der Waals surface area contributed by atoms with Crippen LogP contribution >= 0.6 is 0 Å². The van der Waals surface area contributed by atoms with Crippen LogP contribution in [0, 0.1) is 20.8 Å². The first-order valence-electron chi connectivity index (χ1n) is 11.0. The Morgan fingerprint density at radius 3 is 2.15 bits per heavy atom. The fraction of sp³-hybridized carbons (Fsp3) is 0.179. The molecular weight excluding hydrogens is 412 g/mol. The van der Waals surface area contributed by atoms with Crippen molar-refractivity contribution in [2.45, 2.75) is 33.9 Å². The van der Waals surface area contributed by atoms with E-state index in [9.17, 15) is 4.79 Å². The van der Waals surface area contributed by atoms with Gasteiger partial charge in [0.15, 0.2) is 0 Å². The van der Waals surface area contributed by atoms with E-state index in [0.29, 0.717) is 13.1 Å². The van der Waals surface area contributed by atoms with Gasteiger partial charge in [0.1, 0.15) is 17.3 Å². The highest BCUT2D eigenvalue weighted by Crippen LogP contribution is 2.24. The number of para-hydroxylation sites is 1. The van der Waals surface area contributed by atoms with E-state index in [1.165, 1.54) is 5.56 Å². The van der Waals surface area contributed by atoms with Gasteiger partial charge in [-0.2, -0.15) is 0 Å². The molecule has 168 valence electrons. The van der Waals surface area contributed by atoms with Gasteiger partial charge in [0, 0.05) is 12.2 Å². The van der Waals surface area contributed by atoms with Crippen LogP contribution < -0.4 is 10.1 Å². The molecule has 0 bridgehead atoms. The molecule has 1 aromatic heterocycles. The van der Waals surface area contributed by atoms with Gasteiger partial charge in [0.2, 0.25) is 0 Å². The number of nitrogens with one attached hydrogen (secondary N) is 1. The molecule has 1 N–H and O–H groups in total. The molecule has 4 rings (SSSR count). The van der Waals surface area contributed by atoms with Crippen molar-refractivity contribution in [3.63, 3.8) is 0 Å². The molecule has 0 atom stereocenters. The Balaban J connectivity index is 1.50. The molecule has 0 aliphatic carbocycles. The number of amides is 2. The van der Waals surface area contributed by atoms with Crippen LogP contribution in [0.25, 0.3) is 0 Å². The van der Waals surface area contributed by atoms with E-state index in [2.05, 4.69) is 24.4 Å². The first kappa shape index (κ1) is 22.2. The highest BCUT2D eigenvalue weighted by molar-refractivity contribution is 5.91. The van der Waals surface area contributed by atoms with E-state index in [-0.39, 0.29) is 6.03 Å². The Labute approximate surface area is 194 Å². The maximum Gasteiger partial charge on any atom is 0.322 e. The van der Waals surface area contributed by atoms with E-state index < -0.39 is 0 Å². The summed E-state index contributed by atoms with van der Waals surface area (Å²) in [6, 6.07) is 25.1. The van der Waals surface area contributed by atoms with Crippen molar-refractivity contribution >= 4 is 11.7 Å². The number of rotatable bonds is 7. The summed E-state index contributed by atoms with van der Waals surface area (Å²) >= 11 is 0. The monoisotopic (exact) mass is 440 g/mol. The van der Waals surface area contributed by atoms with Crippen LogP contribution in [0.3, 0.4) is 0 Å². The lowest BCUT2D eigenvalue weighted by molar-refractivity contribution is 0.201. The number of benzene rings is 3. The number of aryl methyl sites for hydroxylation is 3. The third-order valence-electron chi connectivity index (χ3n) is 5.40. The molecule has 33 heavy (non-hydrogen) atoms. The lowest BCUT2D eigenvalue weighted by atomic mass is 10.1. The Kier molecular flexibility index (Phi) is 6.79. The van der Waals surface area contributed by atoms with Crippen LogP contribution in [-0.2, 0) is 13.1 Å². The minimum atomic E-state index is -0.175. The molecule has 0 unspecified atom stereocenters. The van der Waals surface area contributed by atoms with Crippen molar-refractivity contribution < 1.29 is 13.9 Å². The number of hydrogen-bond donors (Lipinski definition) is 1. The van der Waals surface area contributed by atoms with Gasteiger partial charge in [-0.1, -0.05) is 48.0 Å². The predicted octanol–water partition coefficient (Wildman–Crippen LogP) is 7.23. The number of furan rings is 1. The summed E-state index contributed by atoms with van der Waals surface area (Å²) in [7, 11) is 0. The van der Waals surface area contributed by atoms with Crippen molar-refractivity contribution in [1.29, 1.82) is 0 Å². The van der Waals surface area contributed by atoms with Gasteiger partial charge in [-0.15, -0.1) is 0 Å². The molecule has 5 heteroatoms. The van der Waals surface area contributed by atoms with Gasteiger partial charge in [-0.3, -0.25) is 0 Å². The quantitative estimate of drug-likeness (QED) is 0.330. The van der Waals surface area contributed by atoms with Crippen LogP contribution in [-0.4, -0.2) is 10.9 Å². The van der Waals surface area contributed by atoms with E-state index in [1.807, 2.05) is 80.6 Å². The Morgan fingerprint density at radius 2 is 1.52 bits per heavy atom. The summed E-state index contributed by atoms with van der Waals surface area (Å²) in [6.07, 6.45) is 1.62. The molecular formula is C28H28N2O3. The topological polar surface area (TPSA) is 54.7 Å². The standard InChI is InChI=1S/C28H28N2O3/c1-20-16-21(2)27(22(3)17-20)29-28(31)30(19-26-10-7-15-32-26)18-23-11-13-25(14-12-23)33-24-8-5-4-6-9-24/h4-17H,18-19H2,1-3H3,(H,29,31). The van der Waals surface area contributed by atoms with Gasteiger partial charge in [0.25, 0.3) is 0 Å². The Morgan fingerprint density at radius 1 is 0.848 bits per heavy atom. The van der Waals surface area contributed by atoms with E-state index in [0.717, 1.165) is 39.6 Å². The van der Waals surface area contributed by atoms with Gasteiger partial charge < -0.3 is 19.4 Å². The highest BCUT2D eigenvalue weighted by Gasteiger charge is 2.18. The third-order valence-corrected chi connectivity index (χ3v) is 5.40. The minimum absolute atomic E-state index is 0.175. The number of carbonyl (C=O) groups is 1. The number of ether oxygens (including phenoxy) is 1. The summed E-state index contributed by atoms with van der Waals surface area (Å²) < 4.78 is 11.4. The number of urea groups is 1. The summed E-state index contributed by atoms with van der Waals surface area (Å²) in [4.78, 5) is 15.0. The number of carbonyl (C=O) groups excluding carboxylic acids is 1. The summed E-state index contributed by atoms with van der Waals surface area (Å²) in [5.41, 5.74) is 5.10. The molecule has 0 saturated carbocycles. The van der Waals surface area contributed by atoms with Crippen LogP contribution in [0.2, 0.25) is 0 Å². The zero-order valence-corrected chi connectivity index (χ0v) is 19.2. The van der Waals surface area contributed by atoms with E-state index in [4.69, 9.17) is 9.15 Å². The normalized spacial score (nSPS) is 10.6. The smallest absolute Gasteiger partial charge is 0.322 e. The van der Waals surface area contributed by atoms with Crippen molar-refractivity contribution in [3.05, 3.63) is 113 Å². The second kappa shape index (κ2) is 10.1. The van der Waals surface area contributed by atoms with Crippen LogP contribution in [0.1, 0.15) is 28.0 Å². The van der Waals surface area contributed by atoms with E-state index >= 15 is 0 Å². The maximum absolute atomic E-state index is 13.3. The van der Waals surface area contributed by atoms with Crippen molar-refractivity contribution in [3.8, 4) is 11.5 Å². The SMILES string of the molecule is Cc1cc(C)c(NC(=O)N(Cc2ccc(Oc3ccccc3)cc2)Cc2ccco2)c(C)c1. The fourth-order valence-electron chi connectivity index (χ4n) is 3.86. The molecule has 0 aliphatic rings. The number of nitrogens with zero attached hydrogens (tertiary/aromatic N) is 1. The summed E-state index contributed by atoms with van der Waals surface area (Å²) in [5.74, 6) is 2.26. The maximum atomic E-state index is 13.3. The van der Waals surface area contributed by atoms with Gasteiger partial charge in [-0.05, 0) is 73.9 Å². The molecule has 0 fully saturated rings. The van der Waals surface area contributed by atoms with Crippen LogP contribution in [0.15, 0.2) is 89.5 Å². The Bertz CT molecular complexity index is 1180. The molecule has 4 aromatic rings. The Hall–Kier alpha value is -3.99. The number of hydrogen-bond acceptors (Lipinski definition) is 3. The first-order chi connectivity index (χ1) is 16.0. The molecule has 3 aromatic carbocycles. The van der Waals surface area contributed by atoms with Gasteiger partial charge in [-0.25, -0.2) is 4.79 Å². The van der Waals surface area contributed by atoms with Crippen LogP contribution in [0.5, 0.6) is 11.5 Å². The lowest BCUT2D eigenvalue weighted by Gasteiger charge is -2.24. The molecule has 0 saturated heterocycles. The number of anilines is 1. The molecule has 0 radical (unpaired) electrons. The molecule has 2 amide bonds. The van der Waals surface area contributed by atoms with Crippen molar-refractivity contribution in [1.82, 2.24) is 4.90 Å². The zero-order chi connectivity index (χ0) is 23.2. The summed E-state index contributed by atoms with van der Waals surface area (Å²) in [6.45, 7) is 6.88. The second-order valence-corrected chi connectivity index (χ2v) is 8.20. The van der Waals surface area contributed by atoms with Crippen molar-refractivity contribution in [2.75, 3.05) is 5.32 Å². The first-order valence-corrected chi connectivity index (χ1v) is 11.0. The van der Waals surface area contributed by atoms with Crippen LogP contribution in [0.4, 0.5) is 10.5 Å². The predicted molar refractivity (Wildman–Crippen MR) is 131 cm³/mol. The largest absolute Gasteiger partial charge is 0.467 e. The average molecular weight is 441 g/mol. The van der Waals surface area contributed by atoms with Gasteiger partial charge in [0.05, 0.1) is 12.8 Å². The van der Waals surface area contributed by atoms with Crippen molar-refractivity contribution in [2.24, 2.45) is 0 Å². The fourth-order valence-corrected chi connectivity index (χ4v) is 3.86. The molecule has 1 heterocycles. The lowest BCUT2D eigenvalue weighted by Crippen LogP contribution is -2.34. The van der Waals surface area contributed by atoms with Gasteiger partial charge >= 0.3 is 6.03 Å². The molecule has 5 nitrogen and oxygen atoms in total. The zero-order valence-electron chi connectivity index (χ0n) is 19.2. The average Bonchev–Trinajstić information content (AvgIpc) is 3.31. The molecule has 0 spiro atoms. The molecule has 0 aliphatic heterocycles. The highest BCUT2D eigenvalue weighted by atomic mass is 16.5.